The van der Waals surface area contributed by atoms with Gasteiger partial charge in [0.05, 0.1) is 13.2 Å². The lowest BCUT2D eigenvalue weighted by Gasteiger charge is -2.20. The number of methoxy groups -OCH3 is 1. The zero-order chi connectivity index (χ0) is 21.9. The molecule has 2 aromatic carbocycles. The van der Waals surface area contributed by atoms with Crippen molar-refractivity contribution in [2.24, 2.45) is 0 Å². The van der Waals surface area contributed by atoms with Gasteiger partial charge in [0.25, 0.3) is 5.91 Å². The summed E-state index contributed by atoms with van der Waals surface area (Å²) in [5, 5.41) is 5.95. The molecule has 2 amide bonds. The van der Waals surface area contributed by atoms with Gasteiger partial charge < -0.3 is 25.0 Å². The number of amides is 2. The predicted molar refractivity (Wildman–Crippen MR) is 122 cm³/mol. The van der Waals surface area contributed by atoms with Gasteiger partial charge in [0.15, 0.2) is 0 Å². The lowest BCUT2D eigenvalue weighted by atomic mass is 10.1. The SMILES string of the molecule is COCCOc1cccc(NCC(=O)Nc2cccc(C(=O)N3CCCCCC3)c2)c1. The minimum Gasteiger partial charge on any atom is -0.491 e. The first-order valence-electron chi connectivity index (χ1n) is 10.8. The molecule has 31 heavy (non-hydrogen) atoms. The van der Waals surface area contributed by atoms with Crippen molar-refractivity contribution < 1.29 is 19.1 Å². The monoisotopic (exact) mass is 425 g/mol. The average Bonchev–Trinajstić information content (AvgIpc) is 3.08. The lowest BCUT2D eigenvalue weighted by molar-refractivity contribution is -0.114. The van der Waals surface area contributed by atoms with Crippen LogP contribution in [0.15, 0.2) is 48.5 Å². The Balaban J connectivity index is 1.52. The summed E-state index contributed by atoms with van der Waals surface area (Å²) in [4.78, 5) is 27.1. The molecule has 7 heteroatoms. The molecule has 1 saturated heterocycles. The maximum absolute atomic E-state index is 12.8. The zero-order valence-corrected chi connectivity index (χ0v) is 18.1. The summed E-state index contributed by atoms with van der Waals surface area (Å²) in [6.07, 6.45) is 4.45. The van der Waals surface area contributed by atoms with Gasteiger partial charge in [-0.3, -0.25) is 9.59 Å². The van der Waals surface area contributed by atoms with Crippen LogP contribution in [0.1, 0.15) is 36.0 Å². The van der Waals surface area contributed by atoms with Crippen molar-refractivity contribution in [1.29, 1.82) is 0 Å². The van der Waals surface area contributed by atoms with E-state index >= 15 is 0 Å². The van der Waals surface area contributed by atoms with Crippen LogP contribution < -0.4 is 15.4 Å². The fourth-order valence-electron chi connectivity index (χ4n) is 3.51. The van der Waals surface area contributed by atoms with E-state index < -0.39 is 0 Å². The molecule has 0 unspecified atom stereocenters. The summed E-state index contributed by atoms with van der Waals surface area (Å²) in [6.45, 7) is 2.68. The number of nitrogens with zero attached hydrogens (tertiary/aromatic N) is 1. The van der Waals surface area contributed by atoms with Crippen LogP contribution in [0.5, 0.6) is 5.75 Å². The van der Waals surface area contributed by atoms with E-state index in [0.29, 0.717) is 30.2 Å². The minimum absolute atomic E-state index is 0.0291. The maximum Gasteiger partial charge on any atom is 0.253 e. The number of likely N-dealkylation sites (tertiary alicyclic amines) is 1. The van der Waals surface area contributed by atoms with Crippen molar-refractivity contribution in [2.45, 2.75) is 25.7 Å². The Kier molecular flexibility index (Phi) is 8.72. The lowest BCUT2D eigenvalue weighted by Crippen LogP contribution is -2.31. The molecule has 0 saturated carbocycles. The van der Waals surface area contributed by atoms with E-state index in [1.54, 1.807) is 31.4 Å². The van der Waals surface area contributed by atoms with Crippen molar-refractivity contribution in [1.82, 2.24) is 4.90 Å². The Morgan fingerprint density at radius 2 is 1.68 bits per heavy atom. The van der Waals surface area contributed by atoms with E-state index in [0.717, 1.165) is 31.6 Å². The van der Waals surface area contributed by atoms with Crippen LogP contribution in [0.2, 0.25) is 0 Å². The Morgan fingerprint density at radius 3 is 2.45 bits per heavy atom. The fourth-order valence-corrected chi connectivity index (χ4v) is 3.51. The Bertz CT molecular complexity index is 863. The van der Waals surface area contributed by atoms with E-state index in [9.17, 15) is 9.59 Å². The molecule has 3 rings (SSSR count). The molecule has 0 atom stereocenters. The van der Waals surface area contributed by atoms with E-state index in [1.165, 1.54) is 12.8 Å². The normalized spacial score (nSPS) is 13.9. The Morgan fingerprint density at radius 1 is 0.935 bits per heavy atom. The Hall–Kier alpha value is -3.06. The Labute approximate surface area is 183 Å². The summed E-state index contributed by atoms with van der Waals surface area (Å²) >= 11 is 0. The van der Waals surface area contributed by atoms with Crippen molar-refractivity contribution in [3.63, 3.8) is 0 Å². The predicted octanol–water partition coefficient (Wildman–Crippen LogP) is 3.78. The number of anilines is 2. The zero-order valence-electron chi connectivity index (χ0n) is 18.1. The second kappa shape index (κ2) is 12.0. The van der Waals surface area contributed by atoms with Gasteiger partial charge in [-0.25, -0.2) is 0 Å². The van der Waals surface area contributed by atoms with E-state index in [1.807, 2.05) is 29.2 Å². The van der Waals surface area contributed by atoms with Gasteiger partial charge >= 0.3 is 0 Å². The summed E-state index contributed by atoms with van der Waals surface area (Å²) < 4.78 is 10.6. The van der Waals surface area contributed by atoms with Gasteiger partial charge in [-0.05, 0) is 43.2 Å². The van der Waals surface area contributed by atoms with Crippen LogP contribution in [-0.4, -0.2) is 56.7 Å². The first kappa shape index (κ1) is 22.6. The van der Waals surface area contributed by atoms with E-state index in [2.05, 4.69) is 10.6 Å². The molecule has 0 aromatic heterocycles. The quantitative estimate of drug-likeness (QED) is 0.598. The van der Waals surface area contributed by atoms with Crippen LogP contribution in [-0.2, 0) is 9.53 Å². The van der Waals surface area contributed by atoms with Gasteiger partial charge in [-0.15, -0.1) is 0 Å². The maximum atomic E-state index is 12.8. The minimum atomic E-state index is -0.190. The highest BCUT2D eigenvalue weighted by atomic mass is 16.5. The van der Waals surface area contributed by atoms with E-state index in [4.69, 9.17) is 9.47 Å². The highest BCUT2D eigenvalue weighted by molar-refractivity contribution is 5.98. The molecule has 1 fully saturated rings. The number of hydrogen-bond donors (Lipinski definition) is 2. The molecule has 0 aliphatic carbocycles. The van der Waals surface area contributed by atoms with Crippen LogP contribution in [0.4, 0.5) is 11.4 Å². The second-order valence-corrected chi connectivity index (χ2v) is 7.56. The van der Waals surface area contributed by atoms with Crippen molar-refractivity contribution in [3.05, 3.63) is 54.1 Å². The van der Waals surface area contributed by atoms with Gasteiger partial charge in [0.1, 0.15) is 12.4 Å². The molecule has 166 valence electrons. The molecular formula is C24H31N3O4. The number of hydrogen-bond acceptors (Lipinski definition) is 5. The molecular weight excluding hydrogens is 394 g/mol. The van der Waals surface area contributed by atoms with Gasteiger partial charge in [0.2, 0.25) is 5.91 Å². The van der Waals surface area contributed by atoms with Crippen LogP contribution in [0, 0.1) is 0 Å². The van der Waals surface area contributed by atoms with Crippen LogP contribution in [0.25, 0.3) is 0 Å². The van der Waals surface area contributed by atoms with Gasteiger partial charge in [-0.1, -0.05) is 25.0 Å². The molecule has 1 heterocycles. The van der Waals surface area contributed by atoms with Crippen molar-refractivity contribution in [2.75, 3.05) is 50.6 Å². The number of carbonyl (C=O) groups is 2. The van der Waals surface area contributed by atoms with Gasteiger partial charge in [-0.2, -0.15) is 0 Å². The summed E-state index contributed by atoms with van der Waals surface area (Å²) in [5.74, 6) is 0.550. The molecule has 7 nitrogen and oxygen atoms in total. The van der Waals surface area contributed by atoms with Crippen LogP contribution >= 0.6 is 0 Å². The third-order valence-corrected chi connectivity index (χ3v) is 5.13. The fraction of sp³-hybridized carbons (Fsp3) is 0.417. The third-order valence-electron chi connectivity index (χ3n) is 5.13. The smallest absolute Gasteiger partial charge is 0.253 e. The molecule has 2 N–H and O–H groups in total. The standard InChI is InChI=1S/C24H31N3O4/c1-30-14-15-31-22-11-7-9-20(17-22)25-18-23(28)26-21-10-6-8-19(16-21)24(29)27-12-4-2-3-5-13-27/h6-11,16-17,25H,2-5,12-15,18H2,1H3,(H,26,28). The molecule has 0 spiro atoms. The number of nitrogens with one attached hydrogen (secondary N) is 2. The largest absolute Gasteiger partial charge is 0.491 e. The molecule has 0 radical (unpaired) electrons. The first-order chi connectivity index (χ1) is 15.2. The molecule has 0 bridgehead atoms. The number of benzene rings is 2. The van der Waals surface area contributed by atoms with Crippen molar-refractivity contribution >= 4 is 23.2 Å². The van der Waals surface area contributed by atoms with E-state index in [-0.39, 0.29) is 18.4 Å². The van der Waals surface area contributed by atoms with Crippen LogP contribution in [0.3, 0.4) is 0 Å². The topological polar surface area (TPSA) is 79.9 Å². The summed E-state index contributed by atoms with van der Waals surface area (Å²) in [7, 11) is 1.63. The van der Waals surface area contributed by atoms with Gasteiger partial charge in [0, 0.05) is 43.2 Å². The number of rotatable bonds is 9. The summed E-state index contributed by atoms with van der Waals surface area (Å²) in [5.41, 5.74) is 2.01. The molecule has 2 aromatic rings. The average molecular weight is 426 g/mol. The summed E-state index contributed by atoms with van der Waals surface area (Å²) in [6, 6.07) is 14.6. The van der Waals surface area contributed by atoms with Crippen molar-refractivity contribution in [3.8, 4) is 5.75 Å². The highest BCUT2D eigenvalue weighted by Gasteiger charge is 2.17. The number of ether oxygens (including phenoxy) is 2. The third kappa shape index (κ3) is 7.29. The molecule has 1 aliphatic rings. The second-order valence-electron chi connectivity index (χ2n) is 7.56. The molecule has 1 aliphatic heterocycles. The first-order valence-corrected chi connectivity index (χ1v) is 10.8. The highest BCUT2D eigenvalue weighted by Crippen LogP contribution is 2.18. The number of carbonyl (C=O) groups excluding carboxylic acids is 2.